The van der Waals surface area contributed by atoms with E-state index in [4.69, 9.17) is 4.74 Å². The fraction of sp³-hybridized carbons (Fsp3) is 0.176. The smallest absolute Gasteiger partial charge is 0.274 e. The molecule has 3 rings (SSSR count). The molecule has 0 fully saturated rings. The van der Waals surface area contributed by atoms with Crippen molar-refractivity contribution < 1.29 is 14.6 Å². The van der Waals surface area contributed by atoms with Crippen LogP contribution in [0.25, 0.3) is 5.65 Å². The monoisotopic (exact) mass is 311 g/mol. The maximum atomic E-state index is 12.6. The summed E-state index contributed by atoms with van der Waals surface area (Å²) in [6.45, 7) is 3.65. The Labute approximate surface area is 133 Å². The highest BCUT2D eigenvalue weighted by Gasteiger charge is 2.19. The standard InChI is InChI=1S/C17H17N3O3/c1-10-6-7-13(21)12(9-10)19-17(22)15-11(2)18-16-14(23-3)5-4-8-20(15)16/h4-9,21H,1-3H3,(H,19,22). The highest BCUT2D eigenvalue weighted by molar-refractivity contribution is 6.05. The number of hydrogen-bond acceptors (Lipinski definition) is 4. The predicted octanol–water partition coefficient (Wildman–Crippen LogP) is 2.92. The van der Waals surface area contributed by atoms with E-state index in [9.17, 15) is 9.90 Å². The van der Waals surface area contributed by atoms with Gasteiger partial charge in [-0.3, -0.25) is 9.20 Å². The number of rotatable bonds is 3. The number of methoxy groups -OCH3 is 1. The van der Waals surface area contributed by atoms with E-state index in [1.807, 2.05) is 6.92 Å². The van der Waals surface area contributed by atoms with Crippen LogP contribution in [-0.2, 0) is 0 Å². The predicted molar refractivity (Wildman–Crippen MR) is 87.3 cm³/mol. The first kappa shape index (κ1) is 14.9. The highest BCUT2D eigenvalue weighted by atomic mass is 16.5. The molecule has 6 nitrogen and oxygen atoms in total. The third kappa shape index (κ3) is 2.59. The number of benzene rings is 1. The highest BCUT2D eigenvalue weighted by Crippen LogP contribution is 2.26. The summed E-state index contributed by atoms with van der Waals surface area (Å²) in [6, 6.07) is 8.61. The summed E-state index contributed by atoms with van der Waals surface area (Å²) in [5.41, 5.74) is 2.87. The van der Waals surface area contributed by atoms with Gasteiger partial charge in [-0.15, -0.1) is 0 Å². The summed E-state index contributed by atoms with van der Waals surface area (Å²) in [7, 11) is 1.56. The van der Waals surface area contributed by atoms with Crippen LogP contribution in [0.2, 0.25) is 0 Å². The second-order valence-electron chi connectivity index (χ2n) is 5.29. The molecule has 1 amide bonds. The van der Waals surface area contributed by atoms with Crippen molar-refractivity contribution in [3.8, 4) is 11.5 Å². The summed E-state index contributed by atoms with van der Waals surface area (Å²) in [6.07, 6.45) is 1.75. The van der Waals surface area contributed by atoms with Crippen molar-refractivity contribution in [1.29, 1.82) is 0 Å². The fourth-order valence-corrected chi connectivity index (χ4v) is 2.52. The third-order valence-corrected chi connectivity index (χ3v) is 3.62. The molecule has 2 N–H and O–H groups in total. The van der Waals surface area contributed by atoms with Gasteiger partial charge in [0, 0.05) is 6.20 Å². The quantitative estimate of drug-likeness (QED) is 0.729. The summed E-state index contributed by atoms with van der Waals surface area (Å²) >= 11 is 0. The van der Waals surface area contributed by atoms with Crippen LogP contribution < -0.4 is 10.1 Å². The molecule has 23 heavy (non-hydrogen) atoms. The van der Waals surface area contributed by atoms with Crippen LogP contribution in [0.5, 0.6) is 11.5 Å². The summed E-state index contributed by atoms with van der Waals surface area (Å²) < 4.78 is 6.95. The van der Waals surface area contributed by atoms with Gasteiger partial charge in [0.2, 0.25) is 0 Å². The Morgan fingerprint density at radius 1 is 1.30 bits per heavy atom. The SMILES string of the molecule is COc1cccn2c(C(=O)Nc3cc(C)ccc3O)c(C)nc12. The molecule has 0 atom stereocenters. The zero-order valence-electron chi connectivity index (χ0n) is 13.1. The zero-order valence-corrected chi connectivity index (χ0v) is 13.1. The van der Waals surface area contributed by atoms with Gasteiger partial charge in [0.15, 0.2) is 11.4 Å². The molecule has 2 aromatic heterocycles. The van der Waals surface area contributed by atoms with E-state index < -0.39 is 0 Å². The molecule has 0 aliphatic rings. The van der Waals surface area contributed by atoms with E-state index in [0.717, 1.165) is 5.56 Å². The van der Waals surface area contributed by atoms with Gasteiger partial charge in [-0.2, -0.15) is 0 Å². The average molecular weight is 311 g/mol. The number of carbonyl (C=O) groups is 1. The number of ether oxygens (including phenoxy) is 1. The molecule has 0 unspecified atom stereocenters. The number of nitrogens with one attached hydrogen (secondary N) is 1. The van der Waals surface area contributed by atoms with Gasteiger partial charge >= 0.3 is 0 Å². The van der Waals surface area contributed by atoms with Crippen molar-refractivity contribution in [3.05, 3.63) is 53.5 Å². The van der Waals surface area contributed by atoms with Gasteiger partial charge < -0.3 is 15.2 Å². The molecule has 0 saturated carbocycles. The molecule has 0 saturated heterocycles. The Hall–Kier alpha value is -3.02. The number of aryl methyl sites for hydroxylation is 2. The van der Waals surface area contributed by atoms with E-state index in [2.05, 4.69) is 10.3 Å². The molecule has 0 spiro atoms. The normalized spacial score (nSPS) is 10.7. The van der Waals surface area contributed by atoms with Crippen LogP contribution in [-0.4, -0.2) is 27.5 Å². The number of fused-ring (bicyclic) bond motifs is 1. The van der Waals surface area contributed by atoms with E-state index in [0.29, 0.717) is 28.5 Å². The molecular weight excluding hydrogens is 294 g/mol. The van der Waals surface area contributed by atoms with E-state index in [-0.39, 0.29) is 11.7 Å². The molecule has 0 bridgehead atoms. The number of phenolic OH excluding ortho intramolecular Hbond substituents is 1. The summed E-state index contributed by atoms with van der Waals surface area (Å²) in [4.78, 5) is 17.1. The number of anilines is 1. The molecular formula is C17H17N3O3. The Morgan fingerprint density at radius 3 is 2.83 bits per heavy atom. The Balaban J connectivity index is 2.04. The largest absolute Gasteiger partial charge is 0.506 e. The molecule has 1 aromatic carbocycles. The van der Waals surface area contributed by atoms with Gasteiger partial charge in [-0.25, -0.2) is 4.98 Å². The minimum absolute atomic E-state index is 0.0213. The average Bonchev–Trinajstić information content (AvgIpc) is 2.86. The second-order valence-corrected chi connectivity index (χ2v) is 5.29. The Morgan fingerprint density at radius 2 is 2.09 bits per heavy atom. The fourth-order valence-electron chi connectivity index (χ4n) is 2.52. The summed E-state index contributed by atoms with van der Waals surface area (Å²) in [5.74, 6) is 0.269. The lowest BCUT2D eigenvalue weighted by molar-refractivity contribution is 0.102. The van der Waals surface area contributed by atoms with E-state index >= 15 is 0 Å². The molecule has 6 heteroatoms. The second kappa shape index (κ2) is 5.64. The van der Waals surface area contributed by atoms with Crippen molar-refractivity contribution in [2.24, 2.45) is 0 Å². The maximum absolute atomic E-state index is 12.6. The lowest BCUT2D eigenvalue weighted by atomic mass is 10.2. The van der Waals surface area contributed by atoms with Crippen LogP contribution in [0.3, 0.4) is 0 Å². The van der Waals surface area contributed by atoms with Crippen LogP contribution in [0, 0.1) is 13.8 Å². The number of pyridine rings is 1. The Bertz CT molecular complexity index is 899. The number of aromatic hydroxyl groups is 1. The van der Waals surface area contributed by atoms with Gasteiger partial charge in [0.25, 0.3) is 5.91 Å². The van der Waals surface area contributed by atoms with Crippen molar-refractivity contribution >= 4 is 17.2 Å². The minimum Gasteiger partial charge on any atom is -0.506 e. The first-order chi connectivity index (χ1) is 11.0. The number of imidazole rings is 1. The van der Waals surface area contributed by atoms with Gasteiger partial charge in [-0.05, 0) is 43.7 Å². The molecule has 0 aliphatic carbocycles. The lowest BCUT2D eigenvalue weighted by Crippen LogP contribution is -2.15. The molecule has 118 valence electrons. The van der Waals surface area contributed by atoms with Crippen LogP contribution in [0.4, 0.5) is 5.69 Å². The van der Waals surface area contributed by atoms with Gasteiger partial charge in [0.05, 0.1) is 18.5 Å². The maximum Gasteiger partial charge on any atom is 0.274 e. The zero-order chi connectivity index (χ0) is 16.6. The molecule has 2 heterocycles. The Kier molecular flexibility index (Phi) is 3.65. The molecule has 3 aromatic rings. The number of amides is 1. The topological polar surface area (TPSA) is 75.9 Å². The van der Waals surface area contributed by atoms with E-state index in [1.165, 1.54) is 0 Å². The van der Waals surface area contributed by atoms with Crippen molar-refractivity contribution in [1.82, 2.24) is 9.38 Å². The number of hydrogen-bond donors (Lipinski definition) is 2. The van der Waals surface area contributed by atoms with E-state index in [1.54, 1.807) is 55.0 Å². The number of nitrogens with zero attached hydrogens (tertiary/aromatic N) is 2. The number of carbonyl (C=O) groups excluding carboxylic acids is 1. The number of phenols is 1. The minimum atomic E-state index is -0.343. The number of aromatic nitrogens is 2. The van der Waals surface area contributed by atoms with Crippen LogP contribution in [0.15, 0.2) is 36.5 Å². The first-order valence-corrected chi connectivity index (χ1v) is 7.14. The third-order valence-electron chi connectivity index (χ3n) is 3.62. The van der Waals surface area contributed by atoms with Gasteiger partial charge in [0.1, 0.15) is 11.4 Å². The molecule has 0 aliphatic heterocycles. The van der Waals surface area contributed by atoms with Gasteiger partial charge in [-0.1, -0.05) is 6.07 Å². The van der Waals surface area contributed by atoms with Crippen molar-refractivity contribution in [3.63, 3.8) is 0 Å². The molecule has 0 radical (unpaired) electrons. The van der Waals surface area contributed by atoms with Crippen LogP contribution in [0.1, 0.15) is 21.7 Å². The lowest BCUT2D eigenvalue weighted by Gasteiger charge is -2.09. The van der Waals surface area contributed by atoms with Crippen LogP contribution >= 0.6 is 0 Å². The van der Waals surface area contributed by atoms with Crippen molar-refractivity contribution in [2.75, 3.05) is 12.4 Å². The van der Waals surface area contributed by atoms with Crippen molar-refractivity contribution in [2.45, 2.75) is 13.8 Å². The first-order valence-electron chi connectivity index (χ1n) is 7.14. The summed E-state index contributed by atoms with van der Waals surface area (Å²) in [5, 5.41) is 12.6.